The van der Waals surface area contributed by atoms with Gasteiger partial charge in [0.1, 0.15) is 12.3 Å². The molecule has 0 radical (unpaired) electrons. The fraction of sp³-hybridized carbons (Fsp3) is 0.621. The third kappa shape index (κ3) is 6.48. The number of halogens is 1. The number of rotatable bonds is 9. The second-order valence-corrected chi connectivity index (χ2v) is 17.7. The molecule has 1 aromatic heterocycles. The number of hydrogen-bond donors (Lipinski definition) is 3. The summed E-state index contributed by atoms with van der Waals surface area (Å²) in [7, 11) is -3.37. The molecule has 0 aliphatic carbocycles. The van der Waals surface area contributed by atoms with Gasteiger partial charge in [0, 0.05) is 31.3 Å². The number of aromatic nitrogens is 2. The average molecular weight is 578 g/mol. The Balaban J connectivity index is 1.60. The first-order chi connectivity index (χ1) is 18.5. The van der Waals surface area contributed by atoms with Gasteiger partial charge in [0.25, 0.3) is 14.0 Å². The van der Waals surface area contributed by atoms with E-state index in [2.05, 4.69) is 5.32 Å². The van der Waals surface area contributed by atoms with Crippen LogP contribution in [0.5, 0.6) is 0 Å². The smallest absolute Gasteiger partial charge is 0.333 e. The van der Waals surface area contributed by atoms with Gasteiger partial charge in [0.15, 0.2) is 0 Å². The number of nitrogens with zero attached hydrogens (tertiary/aromatic N) is 2. The van der Waals surface area contributed by atoms with Gasteiger partial charge in [-0.3, -0.25) is 18.7 Å². The first-order valence-electron chi connectivity index (χ1n) is 13.8. The Morgan fingerprint density at radius 3 is 2.25 bits per heavy atom. The summed E-state index contributed by atoms with van der Waals surface area (Å²) in [6.07, 6.45) is -0.464. The first kappa shape index (κ1) is 31.9. The summed E-state index contributed by atoms with van der Waals surface area (Å²) in [5.41, 5.74) is 0.118. The zero-order valence-corrected chi connectivity index (χ0v) is 25.7. The molecule has 0 spiro atoms. The van der Waals surface area contributed by atoms with Crippen LogP contribution in [0.1, 0.15) is 71.7 Å². The molecule has 3 rings (SSSR count). The predicted molar refractivity (Wildman–Crippen MR) is 155 cm³/mol. The normalized spacial score (nSPS) is 20.1. The van der Waals surface area contributed by atoms with Crippen LogP contribution in [-0.2, 0) is 22.5 Å². The van der Waals surface area contributed by atoms with Gasteiger partial charge in [-0.25, -0.2) is 4.79 Å². The van der Waals surface area contributed by atoms with E-state index in [0.29, 0.717) is 12.0 Å². The molecule has 0 bridgehead atoms. The monoisotopic (exact) mass is 577 g/mol. The molecule has 1 amide bonds. The molecule has 0 unspecified atom stereocenters. The molecule has 2 aromatic rings. The van der Waals surface area contributed by atoms with Crippen LogP contribution in [0.25, 0.3) is 0 Å². The number of carbonyl (C=O) groups is 1. The van der Waals surface area contributed by atoms with Crippen LogP contribution in [-0.4, -0.2) is 59.0 Å². The van der Waals surface area contributed by atoms with Crippen molar-refractivity contribution in [3.8, 4) is 0 Å². The minimum Gasteiger partial charge on any atom is -0.394 e. The van der Waals surface area contributed by atoms with E-state index in [9.17, 15) is 24.6 Å². The van der Waals surface area contributed by atoms with E-state index in [1.807, 2.05) is 65.8 Å². The Morgan fingerprint density at radius 1 is 1.12 bits per heavy atom. The largest absolute Gasteiger partial charge is 0.394 e. The van der Waals surface area contributed by atoms with Crippen LogP contribution in [0.15, 0.2) is 40.1 Å². The number of carbonyl (C=O) groups excluding carboxylic acids is 1. The van der Waals surface area contributed by atoms with E-state index in [1.54, 1.807) is 6.92 Å². The Morgan fingerprint density at radius 2 is 1.73 bits per heavy atom. The summed E-state index contributed by atoms with van der Waals surface area (Å²) < 4.78 is 24.5. The maximum absolute atomic E-state index is 16.5. The maximum atomic E-state index is 16.5. The van der Waals surface area contributed by atoms with Crippen molar-refractivity contribution in [1.82, 2.24) is 14.5 Å². The van der Waals surface area contributed by atoms with E-state index in [-0.39, 0.29) is 38.4 Å². The summed E-state index contributed by atoms with van der Waals surface area (Å²) >= 11 is 0. The zero-order valence-electron chi connectivity index (χ0n) is 24.7. The number of aliphatic hydroxyl groups is 2. The summed E-state index contributed by atoms with van der Waals surface area (Å²) in [5.74, 6) is -0.208. The molecule has 1 saturated heterocycles. The molecule has 3 N–H and O–H groups in total. The second-order valence-electron chi connectivity index (χ2n) is 12.8. The Labute approximate surface area is 236 Å². The van der Waals surface area contributed by atoms with Gasteiger partial charge in [-0.05, 0) is 34.2 Å². The molecule has 40 heavy (non-hydrogen) atoms. The molecule has 1 aromatic carbocycles. The molecule has 11 heteroatoms. The van der Waals surface area contributed by atoms with Gasteiger partial charge in [0.05, 0.1) is 19.1 Å². The minimum atomic E-state index is -3.37. The lowest BCUT2D eigenvalue weighted by Gasteiger charge is -2.44. The maximum Gasteiger partial charge on any atom is 0.333 e. The van der Waals surface area contributed by atoms with E-state index in [4.69, 9.17) is 4.74 Å². The molecule has 0 saturated carbocycles. The summed E-state index contributed by atoms with van der Waals surface area (Å²) in [6.45, 7) is 13.3. The van der Waals surface area contributed by atoms with Gasteiger partial charge in [0.2, 0.25) is 5.91 Å². The molecular formula is C29H44FN3O6Si. The number of hydrogen-bond acceptors (Lipinski definition) is 6. The third-order valence-electron chi connectivity index (χ3n) is 7.73. The summed E-state index contributed by atoms with van der Waals surface area (Å²) in [4.78, 5) is 38.2. The van der Waals surface area contributed by atoms with Gasteiger partial charge >= 0.3 is 5.69 Å². The van der Waals surface area contributed by atoms with Crippen LogP contribution < -0.4 is 21.8 Å². The number of amides is 1. The number of benzene rings is 1. The molecule has 2 heterocycles. The van der Waals surface area contributed by atoms with Gasteiger partial charge < -0.3 is 24.4 Å². The topological polar surface area (TPSA) is 123 Å². The minimum absolute atomic E-state index is 0.0931. The van der Waals surface area contributed by atoms with Crippen molar-refractivity contribution < 1.29 is 23.9 Å². The number of nitrogens with one attached hydrogen (secondary N) is 1. The van der Waals surface area contributed by atoms with Crippen LogP contribution >= 0.6 is 0 Å². The van der Waals surface area contributed by atoms with Gasteiger partial charge in [-0.2, -0.15) is 0 Å². The number of aliphatic hydroxyl groups excluding tert-OH is 2. The van der Waals surface area contributed by atoms with Crippen molar-refractivity contribution in [2.45, 2.75) is 103 Å². The SMILES string of the molecule is Cc1cn([C@H]2C[C@H](O)[C@@H](CO)O2)c(=O)n(CCCNC(=O)Cc2ccc([Si](F)(C(C)(C)C)C(C)(C)C)cc2)c1=O. The van der Waals surface area contributed by atoms with E-state index in [0.717, 1.165) is 15.3 Å². The molecule has 222 valence electrons. The lowest BCUT2D eigenvalue weighted by atomic mass is 10.1. The molecule has 1 aliphatic rings. The van der Waals surface area contributed by atoms with Crippen LogP contribution in [0.2, 0.25) is 10.1 Å². The van der Waals surface area contributed by atoms with Crippen LogP contribution in [0.4, 0.5) is 4.11 Å². The van der Waals surface area contributed by atoms with Crippen molar-refractivity contribution in [2.24, 2.45) is 0 Å². The molecular weight excluding hydrogens is 533 g/mol. The van der Waals surface area contributed by atoms with E-state index < -0.39 is 48.2 Å². The predicted octanol–water partition coefficient (Wildman–Crippen LogP) is 2.43. The highest BCUT2D eigenvalue weighted by Gasteiger charge is 2.56. The van der Waals surface area contributed by atoms with Gasteiger partial charge in [-0.15, -0.1) is 0 Å². The lowest BCUT2D eigenvalue weighted by Crippen LogP contribution is -2.57. The van der Waals surface area contributed by atoms with Crippen molar-refractivity contribution in [3.63, 3.8) is 0 Å². The van der Waals surface area contributed by atoms with Gasteiger partial charge in [-0.1, -0.05) is 65.8 Å². The van der Waals surface area contributed by atoms with Crippen LogP contribution in [0, 0.1) is 6.92 Å². The standard InChI is InChI=1S/C29H44FN3O6Si/c1-19-17-33(25-16-22(35)23(18-34)39-25)27(38)32(26(19)37)14-8-13-31-24(36)15-20-9-11-21(12-10-20)40(30,28(2,3)4)29(5,6)7/h9-12,17,22-23,25,34-35H,8,13-16,18H2,1-7H3,(H,31,36)/t22-,23+,25+/m0/s1. The average Bonchev–Trinajstić information content (AvgIpc) is 3.24. The summed E-state index contributed by atoms with van der Waals surface area (Å²) in [5, 5.41) is 21.9. The number of ether oxygens (including phenoxy) is 1. The van der Waals surface area contributed by atoms with Crippen molar-refractivity contribution >= 4 is 19.5 Å². The quantitative estimate of drug-likeness (QED) is 0.239. The molecule has 1 aliphatic heterocycles. The Bertz CT molecular complexity index is 1300. The highest BCUT2D eigenvalue weighted by atomic mass is 28.4. The number of aryl methyl sites for hydroxylation is 1. The fourth-order valence-electron chi connectivity index (χ4n) is 5.77. The highest BCUT2D eigenvalue weighted by molar-refractivity contribution is 6.90. The molecule has 1 fully saturated rings. The zero-order chi connectivity index (χ0) is 30.0. The second kappa shape index (κ2) is 12.1. The Hall–Kier alpha value is -2.60. The van der Waals surface area contributed by atoms with Crippen molar-refractivity contribution in [2.75, 3.05) is 13.2 Å². The molecule has 9 nitrogen and oxygen atoms in total. The fourth-order valence-corrected chi connectivity index (χ4v) is 10.4. The highest BCUT2D eigenvalue weighted by Crippen LogP contribution is 2.51. The lowest BCUT2D eigenvalue weighted by molar-refractivity contribution is -0.120. The van der Waals surface area contributed by atoms with Crippen molar-refractivity contribution in [3.05, 3.63) is 62.4 Å². The van der Waals surface area contributed by atoms with E-state index in [1.165, 1.54) is 10.8 Å². The summed E-state index contributed by atoms with van der Waals surface area (Å²) in [6, 6.07) is 7.25. The van der Waals surface area contributed by atoms with Crippen molar-refractivity contribution in [1.29, 1.82) is 0 Å². The molecule has 3 atom stereocenters. The third-order valence-corrected chi connectivity index (χ3v) is 13.0. The first-order valence-corrected chi connectivity index (χ1v) is 15.7. The van der Waals surface area contributed by atoms with E-state index >= 15 is 4.11 Å². The van der Waals surface area contributed by atoms with Crippen LogP contribution in [0.3, 0.4) is 0 Å². The Kier molecular flexibility index (Phi) is 9.65.